The third-order valence-electron chi connectivity index (χ3n) is 4.50. The lowest BCUT2D eigenvalue weighted by molar-refractivity contribution is 0.0950. The van der Waals surface area contributed by atoms with E-state index in [0.717, 1.165) is 17.1 Å². The molecule has 0 bridgehead atoms. The molecule has 0 aromatic heterocycles. The molecule has 9 heteroatoms. The van der Waals surface area contributed by atoms with Crippen molar-refractivity contribution in [2.75, 3.05) is 31.2 Å². The lowest BCUT2D eigenvalue weighted by Gasteiger charge is -2.25. The fraction of sp³-hybridized carbons (Fsp3) is 0.350. The van der Waals surface area contributed by atoms with Gasteiger partial charge in [0.15, 0.2) is 0 Å². The summed E-state index contributed by atoms with van der Waals surface area (Å²) in [6.45, 7) is 3.58. The Hall–Kier alpha value is -1.74. The summed E-state index contributed by atoms with van der Waals surface area (Å²) in [5, 5.41) is 3.00. The number of nitrogens with one attached hydrogen (secondary N) is 1. The Kier molecular flexibility index (Phi) is 7.45. The number of amides is 1. The second-order valence-corrected chi connectivity index (χ2v) is 9.95. The van der Waals surface area contributed by atoms with Crippen LogP contribution in [-0.4, -0.2) is 49.8 Å². The van der Waals surface area contributed by atoms with Gasteiger partial charge in [0.1, 0.15) is 5.75 Å². The zero-order chi connectivity index (χ0) is 20.9. The molecule has 1 N–H and O–H groups in total. The van der Waals surface area contributed by atoms with Crippen LogP contribution in [0, 0.1) is 0 Å². The van der Waals surface area contributed by atoms with Crippen LogP contribution in [0.25, 0.3) is 0 Å². The van der Waals surface area contributed by atoms with Crippen molar-refractivity contribution >= 4 is 39.3 Å². The molecule has 2 aromatic rings. The van der Waals surface area contributed by atoms with E-state index in [4.69, 9.17) is 16.3 Å². The number of hydrogen-bond acceptors (Lipinski definition) is 5. The highest BCUT2D eigenvalue weighted by atomic mass is 35.5. The highest BCUT2D eigenvalue weighted by Crippen LogP contribution is 2.25. The normalized spacial score (nSPS) is 15.1. The van der Waals surface area contributed by atoms with Crippen molar-refractivity contribution in [1.29, 1.82) is 0 Å². The number of sulfonamides is 1. The predicted octanol–water partition coefficient (Wildman–Crippen LogP) is 3.41. The lowest BCUT2D eigenvalue weighted by Crippen LogP contribution is -2.38. The van der Waals surface area contributed by atoms with E-state index in [0.29, 0.717) is 25.4 Å². The minimum absolute atomic E-state index is 0.0775. The molecule has 1 amide bonds. The molecule has 1 aliphatic rings. The van der Waals surface area contributed by atoms with E-state index in [2.05, 4.69) is 5.32 Å². The van der Waals surface area contributed by atoms with E-state index in [1.165, 1.54) is 22.5 Å². The quantitative estimate of drug-likeness (QED) is 0.693. The number of carbonyl (C=O) groups is 1. The van der Waals surface area contributed by atoms with Gasteiger partial charge >= 0.3 is 0 Å². The number of hydrogen-bond donors (Lipinski definition) is 1. The molecule has 156 valence electrons. The molecule has 0 unspecified atom stereocenters. The van der Waals surface area contributed by atoms with E-state index in [9.17, 15) is 13.2 Å². The molecule has 0 radical (unpaired) electrons. The number of benzene rings is 2. The molecule has 0 saturated carbocycles. The lowest BCUT2D eigenvalue weighted by atomic mass is 10.1. The van der Waals surface area contributed by atoms with Crippen molar-refractivity contribution in [2.45, 2.75) is 18.4 Å². The van der Waals surface area contributed by atoms with Crippen molar-refractivity contribution in [1.82, 2.24) is 9.62 Å². The summed E-state index contributed by atoms with van der Waals surface area (Å²) in [5.74, 6) is 1.78. The van der Waals surface area contributed by atoms with Gasteiger partial charge < -0.3 is 10.1 Å². The number of rotatable bonds is 7. The number of carbonyl (C=O) groups excluding carboxylic acids is 1. The van der Waals surface area contributed by atoms with Gasteiger partial charge in [0, 0.05) is 36.7 Å². The van der Waals surface area contributed by atoms with E-state index in [1.54, 1.807) is 11.8 Å². The fourth-order valence-corrected chi connectivity index (χ4v) is 5.80. The van der Waals surface area contributed by atoms with Gasteiger partial charge in [-0.2, -0.15) is 16.1 Å². The topological polar surface area (TPSA) is 75.7 Å². The van der Waals surface area contributed by atoms with E-state index < -0.39 is 15.9 Å². The smallest absolute Gasteiger partial charge is 0.253 e. The predicted molar refractivity (Wildman–Crippen MR) is 116 cm³/mol. The highest BCUT2D eigenvalue weighted by Gasteiger charge is 2.27. The van der Waals surface area contributed by atoms with Gasteiger partial charge in [0.05, 0.1) is 22.1 Å². The highest BCUT2D eigenvalue weighted by molar-refractivity contribution is 7.99. The molecular weight excluding hydrogens is 432 g/mol. The zero-order valence-corrected chi connectivity index (χ0v) is 18.4. The molecule has 0 atom stereocenters. The van der Waals surface area contributed by atoms with Crippen molar-refractivity contribution < 1.29 is 17.9 Å². The maximum atomic E-state index is 12.9. The number of nitrogens with zero attached hydrogens (tertiary/aromatic N) is 1. The first-order valence-electron chi connectivity index (χ1n) is 9.30. The van der Waals surface area contributed by atoms with Crippen LogP contribution in [-0.2, 0) is 16.6 Å². The minimum atomic E-state index is -3.65. The van der Waals surface area contributed by atoms with Crippen LogP contribution in [0.15, 0.2) is 47.4 Å². The van der Waals surface area contributed by atoms with Crippen molar-refractivity contribution in [2.24, 2.45) is 0 Å². The van der Waals surface area contributed by atoms with Crippen LogP contribution in [0.2, 0.25) is 5.02 Å². The van der Waals surface area contributed by atoms with Crippen LogP contribution in [0.3, 0.4) is 0 Å². The Morgan fingerprint density at radius 1 is 1.21 bits per heavy atom. The van der Waals surface area contributed by atoms with Crippen molar-refractivity contribution in [3.05, 3.63) is 58.6 Å². The Morgan fingerprint density at radius 3 is 2.66 bits per heavy atom. The van der Waals surface area contributed by atoms with Gasteiger partial charge in [-0.25, -0.2) is 8.42 Å². The molecule has 3 rings (SSSR count). The van der Waals surface area contributed by atoms with Crippen LogP contribution < -0.4 is 10.1 Å². The van der Waals surface area contributed by atoms with E-state index in [1.807, 2.05) is 31.2 Å². The second kappa shape index (κ2) is 9.84. The maximum absolute atomic E-state index is 12.9. The van der Waals surface area contributed by atoms with Crippen LogP contribution in [0.4, 0.5) is 0 Å². The standard InChI is InChI=1S/C20H23ClN2O4S2/c1-2-27-19-6-4-3-5-15(19)14-22-20(24)17-13-16(7-8-18(17)21)29(25,26)23-9-11-28-12-10-23/h3-8,13H,2,9-12,14H2,1H3,(H,22,24). The summed E-state index contributed by atoms with van der Waals surface area (Å²) in [5.41, 5.74) is 0.960. The largest absolute Gasteiger partial charge is 0.494 e. The maximum Gasteiger partial charge on any atom is 0.253 e. The Bertz CT molecular complexity index is 976. The van der Waals surface area contributed by atoms with Gasteiger partial charge in [-0.1, -0.05) is 29.8 Å². The summed E-state index contributed by atoms with van der Waals surface area (Å²) in [6.07, 6.45) is 0. The number of para-hydroxylation sites is 1. The molecule has 1 fully saturated rings. The number of thioether (sulfide) groups is 1. The van der Waals surface area contributed by atoms with Crippen molar-refractivity contribution in [3.8, 4) is 5.75 Å². The number of ether oxygens (including phenoxy) is 1. The molecule has 6 nitrogen and oxygen atoms in total. The molecular formula is C20H23ClN2O4S2. The Morgan fingerprint density at radius 2 is 1.93 bits per heavy atom. The van der Waals surface area contributed by atoms with Gasteiger partial charge in [0.25, 0.3) is 5.91 Å². The van der Waals surface area contributed by atoms with Gasteiger partial charge in [0.2, 0.25) is 10.0 Å². The molecule has 2 aromatic carbocycles. The van der Waals surface area contributed by atoms with Crippen LogP contribution >= 0.6 is 23.4 Å². The average molecular weight is 455 g/mol. The zero-order valence-electron chi connectivity index (χ0n) is 16.1. The molecule has 29 heavy (non-hydrogen) atoms. The molecule has 1 heterocycles. The summed E-state index contributed by atoms with van der Waals surface area (Å²) in [7, 11) is -3.65. The molecule has 1 saturated heterocycles. The van der Waals surface area contributed by atoms with E-state index in [-0.39, 0.29) is 22.0 Å². The summed E-state index contributed by atoms with van der Waals surface area (Å²) >= 11 is 7.92. The summed E-state index contributed by atoms with van der Waals surface area (Å²) < 4.78 is 32.8. The fourth-order valence-electron chi connectivity index (χ4n) is 2.99. The van der Waals surface area contributed by atoms with Crippen molar-refractivity contribution in [3.63, 3.8) is 0 Å². The Labute approximate surface area is 180 Å². The molecule has 0 spiro atoms. The van der Waals surface area contributed by atoms with E-state index >= 15 is 0 Å². The SMILES string of the molecule is CCOc1ccccc1CNC(=O)c1cc(S(=O)(=O)N2CCSCC2)ccc1Cl. The molecule has 0 aliphatic carbocycles. The minimum Gasteiger partial charge on any atom is -0.494 e. The van der Waals surface area contributed by atoms with Crippen LogP contribution in [0.5, 0.6) is 5.75 Å². The summed E-state index contributed by atoms with van der Waals surface area (Å²) in [6, 6.07) is 11.7. The van der Waals surface area contributed by atoms with Gasteiger partial charge in [-0.05, 0) is 31.2 Å². The van der Waals surface area contributed by atoms with Gasteiger partial charge in [-0.15, -0.1) is 0 Å². The monoisotopic (exact) mass is 454 g/mol. The third-order valence-corrected chi connectivity index (χ3v) is 7.67. The average Bonchev–Trinajstić information content (AvgIpc) is 2.74. The number of halogens is 1. The first-order chi connectivity index (χ1) is 13.9. The first kappa shape index (κ1) is 22.0. The molecule has 1 aliphatic heterocycles. The first-order valence-corrected chi connectivity index (χ1v) is 12.3. The third kappa shape index (κ3) is 5.25. The Balaban J connectivity index is 1.78. The van der Waals surface area contributed by atoms with Crippen LogP contribution in [0.1, 0.15) is 22.8 Å². The summed E-state index contributed by atoms with van der Waals surface area (Å²) in [4.78, 5) is 12.8. The van der Waals surface area contributed by atoms with Gasteiger partial charge in [-0.3, -0.25) is 4.79 Å². The second-order valence-electron chi connectivity index (χ2n) is 6.38.